The minimum absolute atomic E-state index is 0.00867. The fourth-order valence-electron chi connectivity index (χ4n) is 8.62. The summed E-state index contributed by atoms with van der Waals surface area (Å²) in [5, 5.41) is 21.3. The Morgan fingerprint density at radius 1 is 1.02 bits per heavy atom. The van der Waals surface area contributed by atoms with Gasteiger partial charge in [0.05, 0.1) is 23.0 Å². The Balaban J connectivity index is 1.19. The van der Waals surface area contributed by atoms with Crippen LogP contribution < -0.4 is 0 Å². The number of nitrogens with zero attached hydrogens (tertiary/aromatic N) is 2. The van der Waals surface area contributed by atoms with Gasteiger partial charge in [0, 0.05) is 25.7 Å². The van der Waals surface area contributed by atoms with Gasteiger partial charge in [0.2, 0.25) is 11.8 Å². The van der Waals surface area contributed by atoms with Crippen molar-refractivity contribution in [2.24, 2.45) is 17.8 Å². The van der Waals surface area contributed by atoms with Crippen molar-refractivity contribution in [2.75, 3.05) is 13.1 Å². The zero-order valence-corrected chi connectivity index (χ0v) is 28.5. The molecule has 250 valence electrons. The molecule has 3 fully saturated rings. The highest BCUT2D eigenvalue weighted by Gasteiger charge is 2.58. The Morgan fingerprint density at radius 2 is 1.79 bits per heavy atom. The first-order valence-corrected chi connectivity index (χ1v) is 18.0. The Morgan fingerprint density at radius 3 is 2.49 bits per heavy atom. The van der Waals surface area contributed by atoms with Crippen LogP contribution in [0, 0.1) is 17.8 Å². The molecule has 6 rings (SSSR count). The fraction of sp³-hybridized carbons (Fsp3) is 0.526. The maximum Gasteiger partial charge on any atom is 0.455 e. The van der Waals surface area contributed by atoms with E-state index in [9.17, 15) is 19.7 Å². The van der Waals surface area contributed by atoms with E-state index in [2.05, 4.69) is 49.1 Å². The number of hydrogen-bond donors (Lipinski definition) is 2. The lowest BCUT2D eigenvalue weighted by Crippen LogP contribution is -2.48. The molecule has 3 heterocycles. The molecule has 4 atom stereocenters. The van der Waals surface area contributed by atoms with Crippen molar-refractivity contribution < 1.29 is 24.4 Å². The molecule has 0 bridgehead atoms. The van der Waals surface area contributed by atoms with Crippen molar-refractivity contribution >= 4 is 36.6 Å². The van der Waals surface area contributed by atoms with E-state index >= 15 is 0 Å². The third kappa shape index (κ3) is 7.41. The SMILES string of the molecule is CCCC1=C2[C@@H](CC/C(=C/c3ccc(O)cc3Cl)CCC)OB(O)C[C@@H]2[C@@H]2C(=O)N(C3CCN(Cc4ccccc4)CC3)C(=O)[C@@H]2C1. The number of imide groups is 1. The zero-order valence-electron chi connectivity index (χ0n) is 27.7. The molecule has 4 aliphatic rings. The second-order valence-electron chi connectivity index (χ2n) is 13.9. The summed E-state index contributed by atoms with van der Waals surface area (Å²) in [7, 11) is -0.973. The molecular formula is C38H48BClN2O5. The number of carbonyl (C=O) groups is 2. The second kappa shape index (κ2) is 15.1. The number of likely N-dealkylation sites (tertiary alicyclic amines) is 2. The molecule has 2 aromatic carbocycles. The summed E-state index contributed by atoms with van der Waals surface area (Å²) in [6.07, 6.45) is 9.46. The average molecular weight is 659 g/mol. The van der Waals surface area contributed by atoms with Gasteiger partial charge < -0.3 is 14.8 Å². The number of amides is 2. The Labute approximate surface area is 284 Å². The van der Waals surface area contributed by atoms with Crippen molar-refractivity contribution in [3.8, 4) is 5.75 Å². The summed E-state index contributed by atoms with van der Waals surface area (Å²) in [5.41, 5.74) is 5.78. The fourth-order valence-corrected chi connectivity index (χ4v) is 8.85. The van der Waals surface area contributed by atoms with Gasteiger partial charge in [-0.3, -0.25) is 19.4 Å². The molecule has 2 N–H and O–H groups in total. The molecule has 9 heteroatoms. The maximum atomic E-state index is 14.3. The van der Waals surface area contributed by atoms with Gasteiger partial charge in [-0.2, -0.15) is 0 Å². The number of benzene rings is 2. The average Bonchev–Trinajstić information content (AvgIpc) is 3.30. The third-order valence-corrected chi connectivity index (χ3v) is 11.0. The van der Waals surface area contributed by atoms with Crippen LogP contribution in [0.2, 0.25) is 11.3 Å². The highest BCUT2D eigenvalue weighted by molar-refractivity contribution is 6.43. The molecular weight excluding hydrogens is 611 g/mol. The number of hydrogen-bond acceptors (Lipinski definition) is 6. The van der Waals surface area contributed by atoms with Gasteiger partial charge in [0.15, 0.2) is 0 Å². The summed E-state index contributed by atoms with van der Waals surface area (Å²) >= 11 is 6.44. The van der Waals surface area contributed by atoms with Crippen molar-refractivity contribution in [1.82, 2.24) is 9.80 Å². The van der Waals surface area contributed by atoms with Gasteiger partial charge in [-0.25, -0.2) is 0 Å². The van der Waals surface area contributed by atoms with Gasteiger partial charge >= 0.3 is 7.12 Å². The molecule has 1 aliphatic carbocycles. The van der Waals surface area contributed by atoms with Gasteiger partial charge in [0.25, 0.3) is 0 Å². The number of allylic oxidation sites excluding steroid dienone is 2. The van der Waals surface area contributed by atoms with Crippen LogP contribution in [0.25, 0.3) is 6.08 Å². The van der Waals surface area contributed by atoms with Crippen LogP contribution in [0.15, 0.2) is 65.3 Å². The predicted molar refractivity (Wildman–Crippen MR) is 187 cm³/mol. The van der Waals surface area contributed by atoms with Crippen molar-refractivity contribution in [3.63, 3.8) is 0 Å². The molecule has 47 heavy (non-hydrogen) atoms. The van der Waals surface area contributed by atoms with E-state index in [1.807, 2.05) is 12.1 Å². The number of phenolic OH excluding ortho intramolecular Hbond substituents is 1. The molecule has 7 nitrogen and oxygen atoms in total. The molecule has 0 spiro atoms. The van der Waals surface area contributed by atoms with Crippen molar-refractivity contribution in [1.29, 1.82) is 0 Å². The Bertz CT molecular complexity index is 1500. The zero-order chi connectivity index (χ0) is 33.1. The number of rotatable bonds is 11. The van der Waals surface area contributed by atoms with E-state index in [1.54, 1.807) is 17.0 Å². The smallest absolute Gasteiger partial charge is 0.455 e. The summed E-state index contributed by atoms with van der Waals surface area (Å²) < 4.78 is 6.26. The second-order valence-corrected chi connectivity index (χ2v) is 14.3. The molecule has 0 radical (unpaired) electrons. The van der Waals surface area contributed by atoms with E-state index < -0.39 is 13.0 Å². The molecule has 2 amide bonds. The van der Waals surface area contributed by atoms with Gasteiger partial charge in [-0.05, 0) is 92.1 Å². The van der Waals surface area contributed by atoms with Crippen LogP contribution in [-0.2, 0) is 20.8 Å². The molecule has 3 saturated heterocycles. The van der Waals surface area contributed by atoms with Gasteiger partial charge in [-0.15, -0.1) is 0 Å². The van der Waals surface area contributed by atoms with Gasteiger partial charge in [-0.1, -0.05) is 85.8 Å². The molecule has 0 unspecified atom stereocenters. The van der Waals surface area contributed by atoms with E-state index in [1.165, 1.54) is 16.7 Å². The first-order chi connectivity index (χ1) is 22.8. The molecule has 3 aliphatic heterocycles. The number of phenols is 1. The minimum atomic E-state index is -0.973. The number of carbonyl (C=O) groups excluding carboxylic acids is 2. The summed E-state index contributed by atoms with van der Waals surface area (Å²) in [5.74, 6) is -0.875. The highest BCUT2D eigenvalue weighted by Crippen LogP contribution is 2.52. The van der Waals surface area contributed by atoms with Crippen LogP contribution in [0.5, 0.6) is 5.75 Å². The quantitative estimate of drug-likeness (QED) is 0.150. The van der Waals surface area contributed by atoms with E-state index in [0.717, 1.165) is 75.7 Å². The predicted octanol–water partition coefficient (Wildman–Crippen LogP) is 7.27. The Kier molecular flexibility index (Phi) is 10.9. The largest absolute Gasteiger partial charge is 0.508 e. The summed E-state index contributed by atoms with van der Waals surface area (Å²) in [6.45, 7) is 6.90. The molecule has 2 aromatic rings. The van der Waals surface area contributed by atoms with Crippen LogP contribution in [-0.4, -0.2) is 64.1 Å². The number of halogens is 1. The van der Waals surface area contributed by atoms with Crippen molar-refractivity contribution in [3.05, 3.63) is 81.4 Å². The van der Waals surface area contributed by atoms with Crippen molar-refractivity contribution in [2.45, 2.75) is 96.6 Å². The third-order valence-electron chi connectivity index (χ3n) is 10.7. The number of aromatic hydroxyl groups is 1. The van der Waals surface area contributed by atoms with Crippen LogP contribution >= 0.6 is 11.6 Å². The highest BCUT2D eigenvalue weighted by atomic mass is 35.5. The summed E-state index contributed by atoms with van der Waals surface area (Å²) in [4.78, 5) is 32.4. The lowest BCUT2D eigenvalue weighted by Gasteiger charge is -2.43. The lowest BCUT2D eigenvalue weighted by atomic mass is 9.58. The van der Waals surface area contributed by atoms with E-state index in [-0.39, 0.29) is 41.5 Å². The van der Waals surface area contributed by atoms with Gasteiger partial charge in [0.1, 0.15) is 5.75 Å². The lowest BCUT2D eigenvalue weighted by molar-refractivity contribution is -0.144. The first kappa shape index (κ1) is 34.0. The topological polar surface area (TPSA) is 90.3 Å². The van der Waals surface area contributed by atoms with E-state index in [0.29, 0.717) is 24.2 Å². The normalized spacial score (nSPS) is 25.8. The number of fused-ring (bicyclic) bond motifs is 3. The van der Waals surface area contributed by atoms with Crippen LogP contribution in [0.3, 0.4) is 0 Å². The summed E-state index contributed by atoms with van der Waals surface area (Å²) in [6, 6.07) is 15.4. The maximum absolute atomic E-state index is 14.3. The Hall–Kier alpha value is -2.91. The van der Waals surface area contributed by atoms with Crippen LogP contribution in [0.4, 0.5) is 0 Å². The van der Waals surface area contributed by atoms with E-state index in [4.69, 9.17) is 16.3 Å². The monoisotopic (exact) mass is 658 g/mol. The number of piperidine rings is 1. The molecule has 0 aromatic heterocycles. The van der Waals surface area contributed by atoms with Crippen LogP contribution in [0.1, 0.15) is 82.8 Å². The minimum Gasteiger partial charge on any atom is -0.508 e. The standard InChI is InChI=1S/C38H48BClN2O5/c1-3-8-25(20-27-13-14-30(43)22-33(27)40)12-15-34-35-28(9-4-2)21-31-36(32(35)23-39(46)47-34)38(45)42(37(31)44)29-16-18-41(19-17-29)24-26-10-6-5-7-11-26/h5-7,10-11,13-14,20,22,29,31-32,34,36,43,46H,3-4,8-9,12,15-19,21,23-24H2,1-2H3/b25-20+/t31-,32+,34-,36-/m1/s1. The first-order valence-electron chi connectivity index (χ1n) is 17.6. The molecule has 0 saturated carbocycles.